The van der Waals surface area contributed by atoms with Crippen LogP contribution in [0, 0.1) is 0 Å². The molecule has 3 rings (SSSR count). The molecule has 23 heavy (non-hydrogen) atoms. The summed E-state index contributed by atoms with van der Waals surface area (Å²) in [5.41, 5.74) is 2.23. The van der Waals surface area contributed by atoms with Crippen LogP contribution in [-0.2, 0) is 12.8 Å². The summed E-state index contributed by atoms with van der Waals surface area (Å²) in [6.45, 7) is 1.18. The standard InChI is InChI=1S/C16H15N3O4/c20-15(12-8-19-13(9-18-12)16(21)22)17-5-3-10-1-2-14-11(7-10)4-6-23-14/h1-2,7-9H,3-6H2,(H,17,20)(H,21,22). The second kappa shape index (κ2) is 6.43. The Morgan fingerprint density at radius 3 is 2.74 bits per heavy atom. The maximum Gasteiger partial charge on any atom is 0.356 e. The summed E-state index contributed by atoms with van der Waals surface area (Å²) in [4.78, 5) is 30.1. The van der Waals surface area contributed by atoms with Crippen LogP contribution in [0.15, 0.2) is 30.6 Å². The molecule has 0 atom stereocenters. The average Bonchev–Trinajstić information content (AvgIpc) is 3.02. The third kappa shape index (κ3) is 3.45. The number of carboxylic acid groups (broad SMARTS) is 1. The average molecular weight is 313 g/mol. The first-order valence-corrected chi connectivity index (χ1v) is 7.21. The van der Waals surface area contributed by atoms with Crippen LogP contribution < -0.4 is 10.1 Å². The van der Waals surface area contributed by atoms with Crippen LogP contribution >= 0.6 is 0 Å². The molecule has 1 aromatic heterocycles. The lowest BCUT2D eigenvalue weighted by Gasteiger charge is -2.06. The lowest BCUT2D eigenvalue weighted by Crippen LogP contribution is -2.26. The number of hydrogen-bond donors (Lipinski definition) is 2. The van der Waals surface area contributed by atoms with E-state index in [0.717, 1.165) is 36.7 Å². The number of benzene rings is 1. The zero-order valence-electron chi connectivity index (χ0n) is 12.3. The molecule has 0 saturated carbocycles. The molecule has 1 aromatic carbocycles. The Hall–Kier alpha value is -2.96. The molecular weight excluding hydrogens is 298 g/mol. The Labute approximate surface area is 132 Å². The van der Waals surface area contributed by atoms with Gasteiger partial charge in [0.1, 0.15) is 11.4 Å². The van der Waals surface area contributed by atoms with Gasteiger partial charge in [-0.15, -0.1) is 0 Å². The van der Waals surface area contributed by atoms with E-state index in [-0.39, 0.29) is 17.3 Å². The Kier molecular flexibility index (Phi) is 4.18. The zero-order valence-corrected chi connectivity index (χ0v) is 12.3. The summed E-state index contributed by atoms with van der Waals surface area (Å²) < 4.78 is 5.45. The quantitative estimate of drug-likeness (QED) is 0.856. The summed E-state index contributed by atoms with van der Waals surface area (Å²) in [5, 5.41) is 11.5. The number of nitrogens with one attached hydrogen (secondary N) is 1. The molecule has 118 valence electrons. The number of aromatic carboxylic acids is 1. The van der Waals surface area contributed by atoms with Gasteiger partial charge < -0.3 is 15.2 Å². The third-order valence-corrected chi connectivity index (χ3v) is 3.56. The lowest BCUT2D eigenvalue weighted by atomic mass is 10.1. The Morgan fingerprint density at radius 1 is 1.22 bits per heavy atom. The molecule has 0 spiro atoms. The number of nitrogens with zero attached hydrogens (tertiary/aromatic N) is 2. The maximum absolute atomic E-state index is 11.9. The van der Waals surface area contributed by atoms with Crippen LogP contribution in [0.3, 0.4) is 0 Å². The molecule has 1 aliphatic heterocycles. The molecular formula is C16H15N3O4. The predicted octanol–water partition coefficient (Wildman–Crippen LogP) is 1.08. The SMILES string of the molecule is O=C(O)c1cnc(C(=O)NCCc2ccc3c(c2)CCO3)cn1. The van der Waals surface area contributed by atoms with Crippen molar-refractivity contribution in [1.29, 1.82) is 0 Å². The fourth-order valence-corrected chi connectivity index (χ4v) is 2.36. The van der Waals surface area contributed by atoms with E-state index in [2.05, 4.69) is 21.4 Å². The maximum atomic E-state index is 11.9. The van der Waals surface area contributed by atoms with E-state index < -0.39 is 5.97 Å². The van der Waals surface area contributed by atoms with Gasteiger partial charge in [-0.05, 0) is 23.6 Å². The van der Waals surface area contributed by atoms with E-state index in [1.807, 2.05) is 12.1 Å². The Bertz CT molecular complexity index is 743. The highest BCUT2D eigenvalue weighted by Gasteiger charge is 2.13. The molecule has 7 nitrogen and oxygen atoms in total. The molecule has 2 aromatic rings. The van der Waals surface area contributed by atoms with Gasteiger partial charge in [0.2, 0.25) is 0 Å². The molecule has 0 bridgehead atoms. The summed E-state index contributed by atoms with van der Waals surface area (Å²) in [6.07, 6.45) is 3.84. The first-order chi connectivity index (χ1) is 11.1. The van der Waals surface area contributed by atoms with Crippen LogP contribution in [0.2, 0.25) is 0 Å². The third-order valence-electron chi connectivity index (χ3n) is 3.56. The van der Waals surface area contributed by atoms with Crippen molar-refractivity contribution in [3.05, 3.63) is 53.1 Å². The van der Waals surface area contributed by atoms with E-state index in [9.17, 15) is 9.59 Å². The molecule has 0 radical (unpaired) electrons. The number of carboxylic acids is 1. The van der Waals surface area contributed by atoms with Crippen molar-refractivity contribution in [2.75, 3.05) is 13.2 Å². The summed E-state index contributed by atoms with van der Waals surface area (Å²) in [6, 6.07) is 6.03. The highest BCUT2D eigenvalue weighted by atomic mass is 16.5. The van der Waals surface area contributed by atoms with Gasteiger partial charge in [0.05, 0.1) is 19.0 Å². The van der Waals surface area contributed by atoms with E-state index >= 15 is 0 Å². The van der Waals surface area contributed by atoms with Gasteiger partial charge in [-0.25, -0.2) is 14.8 Å². The molecule has 7 heteroatoms. The molecule has 0 fully saturated rings. The number of hydrogen-bond acceptors (Lipinski definition) is 5. The van der Waals surface area contributed by atoms with Gasteiger partial charge in [0.25, 0.3) is 5.91 Å². The van der Waals surface area contributed by atoms with Crippen LogP contribution in [0.5, 0.6) is 5.75 Å². The first-order valence-electron chi connectivity index (χ1n) is 7.21. The number of fused-ring (bicyclic) bond motifs is 1. The smallest absolute Gasteiger partial charge is 0.356 e. The lowest BCUT2D eigenvalue weighted by molar-refractivity contribution is 0.0689. The van der Waals surface area contributed by atoms with Gasteiger partial charge in [0, 0.05) is 13.0 Å². The monoisotopic (exact) mass is 313 g/mol. The van der Waals surface area contributed by atoms with E-state index in [0.29, 0.717) is 13.0 Å². The molecule has 0 saturated heterocycles. The van der Waals surface area contributed by atoms with Crippen LogP contribution in [0.25, 0.3) is 0 Å². The van der Waals surface area contributed by atoms with Crippen molar-refractivity contribution in [2.45, 2.75) is 12.8 Å². The van der Waals surface area contributed by atoms with Gasteiger partial charge in [-0.2, -0.15) is 0 Å². The fraction of sp³-hybridized carbons (Fsp3) is 0.250. The summed E-state index contributed by atoms with van der Waals surface area (Å²) >= 11 is 0. The molecule has 2 N–H and O–H groups in total. The molecule has 0 aliphatic carbocycles. The minimum absolute atomic E-state index is 0.0948. The van der Waals surface area contributed by atoms with Gasteiger partial charge >= 0.3 is 5.97 Å². The molecule has 1 aliphatic rings. The van der Waals surface area contributed by atoms with E-state index in [4.69, 9.17) is 9.84 Å². The number of ether oxygens (including phenoxy) is 1. The summed E-state index contributed by atoms with van der Waals surface area (Å²) in [5.74, 6) is -0.615. The highest BCUT2D eigenvalue weighted by Crippen LogP contribution is 2.25. The number of aromatic nitrogens is 2. The minimum Gasteiger partial charge on any atom is -0.493 e. The van der Waals surface area contributed by atoms with Crippen LogP contribution in [0.4, 0.5) is 0 Å². The Balaban J connectivity index is 1.54. The van der Waals surface area contributed by atoms with Crippen molar-refractivity contribution in [3.63, 3.8) is 0 Å². The minimum atomic E-state index is -1.18. The zero-order chi connectivity index (χ0) is 16.2. The first kappa shape index (κ1) is 15.0. The molecule has 1 amide bonds. The number of carbonyl (C=O) groups excluding carboxylic acids is 1. The van der Waals surface area contributed by atoms with Gasteiger partial charge in [-0.1, -0.05) is 12.1 Å². The number of carbonyl (C=O) groups is 2. The summed E-state index contributed by atoms with van der Waals surface area (Å²) in [7, 11) is 0. The number of rotatable bonds is 5. The van der Waals surface area contributed by atoms with E-state index in [1.165, 1.54) is 5.56 Å². The highest BCUT2D eigenvalue weighted by molar-refractivity contribution is 5.92. The molecule has 2 heterocycles. The van der Waals surface area contributed by atoms with Crippen LogP contribution in [-0.4, -0.2) is 40.1 Å². The normalized spacial score (nSPS) is 12.3. The second-order valence-corrected chi connectivity index (χ2v) is 5.14. The fourth-order valence-electron chi connectivity index (χ4n) is 2.36. The van der Waals surface area contributed by atoms with Crippen molar-refractivity contribution < 1.29 is 19.4 Å². The van der Waals surface area contributed by atoms with Crippen molar-refractivity contribution >= 4 is 11.9 Å². The topological polar surface area (TPSA) is 101 Å². The Morgan fingerprint density at radius 2 is 2.00 bits per heavy atom. The van der Waals surface area contributed by atoms with Gasteiger partial charge in [-0.3, -0.25) is 4.79 Å². The number of amides is 1. The van der Waals surface area contributed by atoms with Gasteiger partial charge in [0.15, 0.2) is 5.69 Å². The predicted molar refractivity (Wildman–Crippen MR) is 80.7 cm³/mol. The van der Waals surface area contributed by atoms with Crippen molar-refractivity contribution in [1.82, 2.24) is 15.3 Å². The second-order valence-electron chi connectivity index (χ2n) is 5.14. The van der Waals surface area contributed by atoms with Crippen molar-refractivity contribution in [2.24, 2.45) is 0 Å². The molecule has 0 unspecified atom stereocenters. The largest absolute Gasteiger partial charge is 0.493 e. The van der Waals surface area contributed by atoms with Crippen molar-refractivity contribution in [3.8, 4) is 5.75 Å². The van der Waals surface area contributed by atoms with E-state index in [1.54, 1.807) is 0 Å². The van der Waals surface area contributed by atoms with Crippen LogP contribution in [0.1, 0.15) is 32.1 Å².